The van der Waals surface area contributed by atoms with Gasteiger partial charge in [-0.25, -0.2) is 0 Å². The van der Waals surface area contributed by atoms with Gasteiger partial charge >= 0.3 is 5.97 Å². The van der Waals surface area contributed by atoms with Crippen molar-refractivity contribution in [1.82, 2.24) is 9.80 Å². The highest BCUT2D eigenvalue weighted by Gasteiger charge is 2.34. The van der Waals surface area contributed by atoms with E-state index in [1.54, 1.807) is 12.1 Å². The molecular formula is C18H24N2O4. The molecule has 1 unspecified atom stereocenters. The number of carboxylic acids is 1. The van der Waals surface area contributed by atoms with Crippen LogP contribution in [0.25, 0.3) is 0 Å². The first kappa shape index (κ1) is 16.8. The van der Waals surface area contributed by atoms with E-state index in [-0.39, 0.29) is 17.6 Å². The van der Waals surface area contributed by atoms with E-state index in [0.717, 1.165) is 25.9 Å². The first-order valence-corrected chi connectivity index (χ1v) is 8.61. The van der Waals surface area contributed by atoms with Crippen molar-refractivity contribution in [3.8, 4) is 5.75 Å². The Morgan fingerprint density at radius 2 is 1.58 bits per heavy atom. The Balaban J connectivity index is 1.64. The van der Waals surface area contributed by atoms with Crippen LogP contribution < -0.4 is 0 Å². The molecule has 24 heavy (non-hydrogen) atoms. The van der Waals surface area contributed by atoms with Gasteiger partial charge in [-0.15, -0.1) is 0 Å². The quantitative estimate of drug-likeness (QED) is 0.879. The van der Waals surface area contributed by atoms with Crippen molar-refractivity contribution in [2.75, 3.05) is 26.2 Å². The van der Waals surface area contributed by atoms with Crippen LogP contribution in [0.15, 0.2) is 24.3 Å². The minimum atomic E-state index is -0.898. The molecule has 2 fully saturated rings. The molecule has 2 saturated heterocycles. The van der Waals surface area contributed by atoms with Gasteiger partial charge in [-0.1, -0.05) is 12.1 Å². The van der Waals surface area contributed by atoms with E-state index < -0.39 is 12.0 Å². The molecule has 0 saturated carbocycles. The predicted molar refractivity (Wildman–Crippen MR) is 88.6 cm³/mol. The molecule has 0 spiro atoms. The highest BCUT2D eigenvalue weighted by Crippen LogP contribution is 2.29. The van der Waals surface area contributed by atoms with Gasteiger partial charge in [0, 0.05) is 32.1 Å². The minimum Gasteiger partial charge on any atom is -0.508 e. The number of carbonyl (C=O) groups is 2. The van der Waals surface area contributed by atoms with E-state index in [0.29, 0.717) is 31.5 Å². The van der Waals surface area contributed by atoms with Crippen LogP contribution in [-0.2, 0) is 9.59 Å². The van der Waals surface area contributed by atoms with Gasteiger partial charge in [0.05, 0.1) is 0 Å². The lowest BCUT2D eigenvalue weighted by Gasteiger charge is -2.36. The molecule has 1 aromatic rings. The monoisotopic (exact) mass is 332 g/mol. The number of rotatable bonds is 4. The largest absolute Gasteiger partial charge is 0.508 e. The number of aromatic hydroxyl groups is 1. The first-order valence-electron chi connectivity index (χ1n) is 8.61. The number of nitrogens with zero attached hydrogens (tertiary/aromatic N) is 2. The maximum atomic E-state index is 12.5. The highest BCUT2D eigenvalue weighted by atomic mass is 16.4. The lowest BCUT2D eigenvalue weighted by atomic mass is 9.93. The zero-order valence-corrected chi connectivity index (χ0v) is 13.7. The highest BCUT2D eigenvalue weighted by molar-refractivity contribution is 5.79. The second-order valence-electron chi connectivity index (χ2n) is 6.67. The lowest BCUT2D eigenvalue weighted by molar-refractivity contribution is -0.144. The van der Waals surface area contributed by atoms with E-state index in [4.69, 9.17) is 0 Å². The predicted octanol–water partition coefficient (Wildman–Crippen LogP) is 1.85. The minimum absolute atomic E-state index is 0.0219. The Bertz CT molecular complexity index is 588. The van der Waals surface area contributed by atoms with Crippen molar-refractivity contribution >= 4 is 11.9 Å². The van der Waals surface area contributed by atoms with Crippen LogP contribution in [0.5, 0.6) is 5.75 Å². The van der Waals surface area contributed by atoms with Gasteiger partial charge in [-0.05, 0) is 43.4 Å². The molecule has 0 aromatic heterocycles. The van der Waals surface area contributed by atoms with Crippen LogP contribution in [0.3, 0.4) is 0 Å². The third-order valence-corrected chi connectivity index (χ3v) is 5.10. The zero-order chi connectivity index (χ0) is 17.1. The van der Waals surface area contributed by atoms with E-state index in [1.807, 2.05) is 9.80 Å². The van der Waals surface area contributed by atoms with E-state index in [9.17, 15) is 19.8 Å². The van der Waals surface area contributed by atoms with Crippen molar-refractivity contribution in [2.24, 2.45) is 5.92 Å². The third-order valence-electron chi connectivity index (χ3n) is 5.10. The number of hydrogen-bond acceptors (Lipinski definition) is 4. The number of aliphatic carboxylic acids is 1. The molecule has 1 aromatic carbocycles. The molecule has 1 amide bonds. The van der Waals surface area contributed by atoms with Crippen LogP contribution in [0.4, 0.5) is 0 Å². The summed E-state index contributed by atoms with van der Waals surface area (Å²) in [6.45, 7) is 2.93. The first-order chi connectivity index (χ1) is 11.6. The molecule has 0 radical (unpaired) electrons. The number of amides is 1. The molecule has 1 atom stereocenters. The van der Waals surface area contributed by atoms with Gasteiger partial charge in [0.1, 0.15) is 11.8 Å². The van der Waals surface area contributed by atoms with Crippen LogP contribution in [0.1, 0.15) is 37.3 Å². The number of piperidine rings is 1. The van der Waals surface area contributed by atoms with Gasteiger partial charge < -0.3 is 15.1 Å². The number of hydrogen-bond donors (Lipinski definition) is 2. The maximum Gasteiger partial charge on any atom is 0.325 e. The summed E-state index contributed by atoms with van der Waals surface area (Å²) in [6, 6.07) is 5.59. The number of benzene rings is 1. The SMILES string of the molecule is O=C(O)C(c1ccc(O)cc1)N1CCC(C(=O)N2CCCC2)CC1. The Kier molecular flexibility index (Phi) is 5.04. The lowest BCUT2D eigenvalue weighted by Crippen LogP contribution is -2.44. The summed E-state index contributed by atoms with van der Waals surface area (Å²) < 4.78 is 0. The third kappa shape index (κ3) is 3.53. The summed E-state index contributed by atoms with van der Waals surface area (Å²) in [4.78, 5) is 28.1. The van der Waals surface area contributed by atoms with E-state index >= 15 is 0 Å². The summed E-state index contributed by atoms with van der Waals surface area (Å²) in [6.07, 6.45) is 3.59. The molecule has 2 aliphatic rings. The van der Waals surface area contributed by atoms with Crippen LogP contribution in [0, 0.1) is 5.92 Å². The fraction of sp³-hybridized carbons (Fsp3) is 0.556. The number of phenols is 1. The Labute approximate surface area is 141 Å². The molecule has 3 rings (SSSR count). The fourth-order valence-corrected chi connectivity index (χ4v) is 3.77. The van der Waals surface area contributed by atoms with Gasteiger partial charge in [0.15, 0.2) is 0 Å². The van der Waals surface area contributed by atoms with E-state index in [1.165, 1.54) is 12.1 Å². The topological polar surface area (TPSA) is 81.1 Å². The van der Waals surface area contributed by atoms with Crippen LogP contribution in [0.2, 0.25) is 0 Å². The molecule has 6 heteroatoms. The van der Waals surface area contributed by atoms with Gasteiger partial charge in [-0.3, -0.25) is 14.5 Å². The van der Waals surface area contributed by atoms with Crippen molar-refractivity contribution in [3.63, 3.8) is 0 Å². The number of carbonyl (C=O) groups excluding carboxylic acids is 1. The average molecular weight is 332 g/mol. The summed E-state index contributed by atoms with van der Waals surface area (Å²) >= 11 is 0. The van der Waals surface area contributed by atoms with E-state index in [2.05, 4.69) is 0 Å². The Morgan fingerprint density at radius 3 is 2.12 bits per heavy atom. The second kappa shape index (κ2) is 7.21. The molecule has 2 N–H and O–H groups in total. The van der Waals surface area contributed by atoms with Crippen molar-refractivity contribution < 1.29 is 19.8 Å². The van der Waals surface area contributed by atoms with Gasteiger partial charge in [0.25, 0.3) is 0 Å². The average Bonchev–Trinajstić information content (AvgIpc) is 3.11. The van der Waals surface area contributed by atoms with Crippen LogP contribution >= 0.6 is 0 Å². The molecule has 0 bridgehead atoms. The molecule has 2 aliphatic heterocycles. The molecule has 6 nitrogen and oxygen atoms in total. The number of phenolic OH excluding ortho intramolecular Hbond substituents is 1. The normalized spacial score (nSPS) is 20.9. The number of likely N-dealkylation sites (tertiary alicyclic amines) is 2. The number of carboxylic acid groups (broad SMARTS) is 1. The second-order valence-corrected chi connectivity index (χ2v) is 6.67. The molecule has 130 valence electrons. The van der Waals surface area contributed by atoms with Crippen molar-refractivity contribution in [1.29, 1.82) is 0 Å². The summed E-state index contributed by atoms with van der Waals surface area (Å²) in [7, 11) is 0. The summed E-state index contributed by atoms with van der Waals surface area (Å²) in [5, 5.41) is 19.0. The zero-order valence-electron chi connectivity index (χ0n) is 13.7. The van der Waals surface area contributed by atoms with Crippen molar-refractivity contribution in [3.05, 3.63) is 29.8 Å². The smallest absolute Gasteiger partial charge is 0.325 e. The summed E-state index contributed by atoms with van der Waals surface area (Å²) in [5.74, 6) is -0.514. The van der Waals surface area contributed by atoms with Gasteiger partial charge in [-0.2, -0.15) is 0 Å². The molecule has 0 aliphatic carbocycles. The Hall–Kier alpha value is -2.08. The standard InChI is InChI=1S/C18H24N2O4/c21-15-5-3-13(4-6-15)16(18(23)24)19-11-7-14(8-12-19)17(22)20-9-1-2-10-20/h3-6,14,16,21H,1-2,7-12H2,(H,23,24). The van der Waals surface area contributed by atoms with Gasteiger partial charge in [0.2, 0.25) is 5.91 Å². The molecule has 2 heterocycles. The molecular weight excluding hydrogens is 308 g/mol. The maximum absolute atomic E-state index is 12.5. The Morgan fingerprint density at radius 1 is 1.00 bits per heavy atom. The van der Waals surface area contributed by atoms with Crippen LogP contribution in [-0.4, -0.2) is 58.1 Å². The summed E-state index contributed by atoms with van der Waals surface area (Å²) in [5.41, 5.74) is 0.657. The van der Waals surface area contributed by atoms with Crippen molar-refractivity contribution in [2.45, 2.75) is 31.7 Å². The fourth-order valence-electron chi connectivity index (χ4n) is 3.77.